The van der Waals surface area contributed by atoms with Crippen molar-refractivity contribution in [2.45, 2.75) is 26.2 Å². The number of aryl methyl sites for hydroxylation is 1. The molecule has 1 aromatic heterocycles. The molecule has 1 amide bonds. The van der Waals surface area contributed by atoms with Crippen LogP contribution in [0.25, 0.3) is 10.8 Å². The maximum Gasteiger partial charge on any atom is 0.253 e. The number of fused-ring (bicyclic) bond motifs is 1. The summed E-state index contributed by atoms with van der Waals surface area (Å²) in [4.78, 5) is 29.1. The summed E-state index contributed by atoms with van der Waals surface area (Å²) < 4.78 is 0. The highest BCUT2D eigenvalue weighted by atomic mass is 16.2. The van der Waals surface area contributed by atoms with Gasteiger partial charge in [0.1, 0.15) is 17.5 Å². The van der Waals surface area contributed by atoms with Gasteiger partial charge in [0.15, 0.2) is 0 Å². The summed E-state index contributed by atoms with van der Waals surface area (Å²) in [5.41, 5.74) is 0.761. The van der Waals surface area contributed by atoms with E-state index in [1.807, 2.05) is 42.2 Å². The number of carbonyl (C=O) groups excluding carboxylic acids is 1. The van der Waals surface area contributed by atoms with Crippen molar-refractivity contribution in [3.05, 3.63) is 59.9 Å². The minimum atomic E-state index is 0.110. The van der Waals surface area contributed by atoms with Crippen molar-refractivity contribution in [3.8, 4) is 0 Å². The fourth-order valence-corrected chi connectivity index (χ4v) is 4.63. The van der Waals surface area contributed by atoms with Crippen molar-refractivity contribution in [2.75, 3.05) is 49.1 Å². The van der Waals surface area contributed by atoms with E-state index in [0.717, 1.165) is 60.0 Å². The largest absolute Gasteiger partial charge is 0.356 e. The van der Waals surface area contributed by atoms with Crippen LogP contribution in [0.5, 0.6) is 0 Å². The van der Waals surface area contributed by atoms with E-state index in [2.05, 4.69) is 33.0 Å². The molecular weight excluding hydrogens is 386 g/mol. The standard InChI is InChI=1S/C25H29N5O/c1-19-26-23(28-11-5-2-6-12-28)18-24(27-19)29-13-15-30(16-14-29)25(31)22-10-9-20-7-3-4-8-21(20)17-22/h3-4,7-10,17-18H,2,5-6,11-16H2,1H3. The van der Waals surface area contributed by atoms with Crippen LogP contribution in [0.1, 0.15) is 35.4 Å². The van der Waals surface area contributed by atoms with Crippen LogP contribution in [-0.4, -0.2) is 60.0 Å². The third-order valence-corrected chi connectivity index (χ3v) is 6.38. The maximum absolute atomic E-state index is 13.1. The maximum atomic E-state index is 13.1. The van der Waals surface area contributed by atoms with Crippen molar-refractivity contribution in [3.63, 3.8) is 0 Å². The Labute approximate surface area is 183 Å². The van der Waals surface area contributed by atoms with Crippen LogP contribution in [0.4, 0.5) is 11.6 Å². The molecule has 0 N–H and O–H groups in total. The van der Waals surface area contributed by atoms with E-state index in [0.29, 0.717) is 13.1 Å². The first kappa shape index (κ1) is 19.8. The highest BCUT2D eigenvalue weighted by Crippen LogP contribution is 2.24. The number of nitrogens with zero attached hydrogens (tertiary/aromatic N) is 5. The van der Waals surface area contributed by atoms with Gasteiger partial charge in [0, 0.05) is 50.9 Å². The van der Waals surface area contributed by atoms with Crippen LogP contribution in [0, 0.1) is 6.92 Å². The number of hydrogen-bond donors (Lipinski definition) is 0. The molecule has 0 aliphatic carbocycles. The van der Waals surface area contributed by atoms with Crippen LogP contribution >= 0.6 is 0 Å². The molecule has 3 aromatic rings. The summed E-state index contributed by atoms with van der Waals surface area (Å²) >= 11 is 0. The number of hydrogen-bond acceptors (Lipinski definition) is 5. The zero-order valence-electron chi connectivity index (χ0n) is 18.1. The molecule has 0 radical (unpaired) electrons. The van der Waals surface area contributed by atoms with Crippen LogP contribution in [-0.2, 0) is 0 Å². The average molecular weight is 416 g/mol. The second-order valence-electron chi connectivity index (χ2n) is 8.52. The smallest absolute Gasteiger partial charge is 0.253 e. The molecule has 0 spiro atoms. The summed E-state index contributed by atoms with van der Waals surface area (Å²) in [6.45, 7) is 7.09. The van der Waals surface area contributed by atoms with Gasteiger partial charge in [-0.2, -0.15) is 0 Å². The lowest BCUT2D eigenvalue weighted by Crippen LogP contribution is -2.49. The average Bonchev–Trinajstić information content (AvgIpc) is 2.83. The molecule has 2 aromatic carbocycles. The Morgan fingerprint density at radius 1 is 0.742 bits per heavy atom. The zero-order valence-corrected chi connectivity index (χ0v) is 18.1. The third kappa shape index (κ3) is 4.20. The summed E-state index contributed by atoms with van der Waals surface area (Å²) in [5.74, 6) is 2.94. The lowest BCUT2D eigenvalue weighted by molar-refractivity contribution is 0.0746. The zero-order chi connectivity index (χ0) is 21.2. The molecule has 0 saturated carbocycles. The molecule has 2 aliphatic rings. The van der Waals surface area contributed by atoms with Crippen molar-refractivity contribution in [1.82, 2.24) is 14.9 Å². The van der Waals surface area contributed by atoms with Crippen molar-refractivity contribution >= 4 is 28.3 Å². The molecule has 0 atom stereocenters. The quantitative estimate of drug-likeness (QED) is 0.650. The molecule has 5 rings (SSSR count). The number of carbonyl (C=O) groups is 1. The number of anilines is 2. The fourth-order valence-electron chi connectivity index (χ4n) is 4.63. The molecule has 2 aliphatic heterocycles. The van der Waals surface area contributed by atoms with Crippen LogP contribution < -0.4 is 9.80 Å². The summed E-state index contributed by atoms with van der Waals surface area (Å²) in [6.07, 6.45) is 3.77. The number of piperidine rings is 1. The Morgan fingerprint density at radius 3 is 2.10 bits per heavy atom. The topological polar surface area (TPSA) is 52.6 Å². The minimum absolute atomic E-state index is 0.110. The molecule has 6 heteroatoms. The molecule has 31 heavy (non-hydrogen) atoms. The van der Waals surface area contributed by atoms with Gasteiger partial charge in [0.25, 0.3) is 5.91 Å². The number of rotatable bonds is 3. The van der Waals surface area contributed by atoms with E-state index in [9.17, 15) is 4.79 Å². The van der Waals surface area contributed by atoms with Crippen LogP contribution in [0.2, 0.25) is 0 Å². The molecule has 0 unspecified atom stereocenters. The summed E-state index contributed by atoms with van der Waals surface area (Å²) in [5, 5.41) is 2.26. The first-order valence-corrected chi connectivity index (χ1v) is 11.3. The van der Waals surface area contributed by atoms with E-state index < -0.39 is 0 Å². The summed E-state index contributed by atoms with van der Waals surface area (Å²) in [6, 6.07) is 16.3. The van der Waals surface area contributed by atoms with Gasteiger partial charge in [0.2, 0.25) is 0 Å². The van der Waals surface area contributed by atoms with E-state index in [1.165, 1.54) is 19.3 Å². The first-order valence-electron chi connectivity index (χ1n) is 11.3. The SMILES string of the molecule is Cc1nc(N2CCCCC2)cc(N2CCN(C(=O)c3ccc4ccccc4c3)CC2)n1. The lowest BCUT2D eigenvalue weighted by atomic mass is 10.1. The fraction of sp³-hybridized carbons (Fsp3) is 0.400. The van der Waals surface area contributed by atoms with E-state index in [1.54, 1.807) is 0 Å². The normalized spacial score (nSPS) is 17.3. The molecule has 160 valence electrons. The van der Waals surface area contributed by atoms with Crippen molar-refractivity contribution < 1.29 is 4.79 Å². The number of amides is 1. The van der Waals surface area contributed by atoms with Gasteiger partial charge in [0.05, 0.1) is 0 Å². The van der Waals surface area contributed by atoms with Gasteiger partial charge in [-0.25, -0.2) is 9.97 Å². The van der Waals surface area contributed by atoms with Crippen molar-refractivity contribution in [1.29, 1.82) is 0 Å². The predicted molar refractivity (Wildman–Crippen MR) is 125 cm³/mol. The molecular formula is C25H29N5O. The van der Waals surface area contributed by atoms with Crippen LogP contribution in [0.3, 0.4) is 0 Å². The van der Waals surface area contributed by atoms with Crippen molar-refractivity contribution in [2.24, 2.45) is 0 Å². The number of aromatic nitrogens is 2. The second kappa shape index (κ2) is 8.53. The lowest BCUT2D eigenvalue weighted by Gasteiger charge is -2.36. The predicted octanol–water partition coefficient (Wildman–Crippen LogP) is 3.89. The van der Waals surface area contributed by atoms with Gasteiger partial charge in [-0.3, -0.25) is 4.79 Å². The Hall–Kier alpha value is -3.15. The van der Waals surface area contributed by atoms with Gasteiger partial charge >= 0.3 is 0 Å². The monoisotopic (exact) mass is 415 g/mol. The number of piperazine rings is 1. The molecule has 2 fully saturated rings. The Bertz CT molecular complexity index is 1080. The number of benzene rings is 2. The third-order valence-electron chi connectivity index (χ3n) is 6.38. The molecule has 0 bridgehead atoms. The van der Waals surface area contributed by atoms with Gasteiger partial charge < -0.3 is 14.7 Å². The molecule has 3 heterocycles. The van der Waals surface area contributed by atoms with Gasteiger partial charge in [-0.1, -0.05) is 30.3 Å². The molecule has 2 saturated heterocycles. The van der Waals surface area contributed by atoms with Gasteiger partial charge in [-0.15, -0.1) is 0 Å². The Morgan fingerprint density at radius 2 is 1.39 bits per heavy atom. The minimum Gasteiger partial charge on any atom is -0.356 e. The summed E-state index contributed by atoms with van der Waals surface area (Å²) in [7, 11) is 0. The highest BCUT2D eigenvalue weighted by molar-refractivity contribution is 5.98. The van der Waals surface area contributed by atoms with E-state index >= 15 is 0 Å². The highest BCUT2D eigenvalue weighted by Gasteiger charge is 2.24. The first-order chi connectivity index (χ1) is 15.2. The van der Waals surface area contributed by atoms with Gasteiger partial charge in [-0.05, 0) is 49.1 Å². The van der Waals surface area contributed by atoms with E-state index in [-0.39, 0.29) is 5.91 Å². The van der Waals surface area contributed by atoms with Crippen LogP contribution in [0.15, 0.2) is 48.5 Å². The Kier molecular flexibility index (Phi) is 5.45. The molecule has 6 nitrogen and oxygen atoms in total. The Balaban J connectivity index is 1.27. The second-order valence-corrected chi connectivity index (χ2v) is 8.52. The van der Waals surface area contributed by atoms with E-state index in [4.69, 9.17) is 4.98 Å².